The summed E-state index contributed by atoms with van der Waals surface area (Å²) in [5.41, 5.74) is 3.11. The third-order valence-electron chi connectivity index (χ3n) is 8.49. The van der Waals surface area contributed by atoms with E-state index in [2.05, 4.69) is 115 Å². The Morgan fingerprint density at radius 1 is 0.667 bits per heavy atom. The quantitative estimate of drug-likeness (QED) is 0.222. The van der Waals surface area contributed by atoms with Gasteiger partial charge in [0.05, 0.1) is 0 Å². The van der Waals surface area contributed by atoms with E-state index in [4.69, 9.17) is 8.39 Å². The maximum atomic E-state index is 7.01. The summed E-state index contributed by atoms with van der Waals surface area (Å²) in [4.78, 5) is 0. The van der Waals surface area contributed by atoms with Crippen LogP contribution >= 0.6 is 8.16 Å². The zero-order chi connectivity index (χ0) is 26.2. The minimum absolute atomic E-state index is 0.171. The van der Waals surface area contributed by atoms with Crippen LogP contribution in [0.4, 0.5) is 0 Å². The molecule has 0 saturated heterocycles. The zero-order valence-electron chi connectivity index (χ0n) is 22.4. The molecule has 39 heavy (non-hydrogen) atoms. The molecule has 7 rings (SSSR count). The molecule has 1 fully saturated rings. The lowest BCUT2D eigenvalue weighted by Crippen LogP contribution is -2.30. The first-order valence-electron chi connectivity index (χ1n) is 14.3. The van der Waals surface area contributed by atoms with E-state index in [1.54, 1.807) is 0 Å². The van der Waals surface area contributed by atoms with Crippen molar-refractivity contribution in [1.29, 1.82) is 0 Å². The Balaban J connectivity index is 1.53. The first-order chi connectivity index (χ1) is 19.3. The van der Waals surface area contributed by atoms with Crippen LogP contribution in [0.15, 0.2) is 112 Å². The summed E-state index contributed by atoms with van der Waals surface area (Å²) in [6.45, 7) is 3.29. The van der Waals surface area contributed by atoms with E-state index in [1.807, 2.05) is 0 Å². The number of hydrogen-bond donors (Lipinski definition) is 0. The molecule has 196 valence electrons. The summed E-state index contributed by atoms with van der Waals surface area (Å²) in [6, 6.07) is 36.9. The molecule has 0 amide bonds. The first-order valence-corrected chi connectivity index (χ1v) is 15.4. The van der Waals surface area contributed by atoms with Crippen LogP contribution in [0.25, 0.3) is 43.5 Å². The Hall–Kier alpha value is -3.52. The van der Waals surface area contributed by atoms with E-state index in [-0.39, 0.29) is 6.04 Å². The molecular weight excluding hydrogens is 497 g/mol. The molecule has 0 bridgehead atoms. The molecule has 3 nitrogen and oxygen atoms in total. The highest BCUT2D eigenvalue weighted by Crippen LogP contribution is 2.45. The van der Waals surface area contributed by atoms with Crippen molar-refractivity contribution in [1.82, 2.24) is 0 Å². The zero-order valence-corrected chi connectivity index (χ0v) is 23.3. The average molecular weight is 532 g/mol. The first kappa shape index (κ1) is 24.5. The predicted molar refractivity (Wildman–Crippen MR) is 166 cm³/mol. The second kappa shape index (κ2) is 10.6. The molecule has 1 aliphatic carbocycles. The van der Waals surface area contributed by atoms with Crippen LogP contribution in [-0.2, 0) is 0 Å². The van der Waals surface area contributed by atoms with Crippen LogP contribution in [0.2, 0.25) is 0 Å². The highest BCUT2D eigenvalue weighted by Gasteiger charge is 2.27. The summed E-state index contributed by atoms with van der Waals surface area (Å²) in [7, 11) is -1.40. The Kier molecular flexibility index (Phi) is 6.64. The highest BCUT2D eigenvalue weighted by molar-refractivity contribution is 7.39. The number of hydrogen-bond acceptors (Lipinski definition) is 3. The second-order valence-corrected chi connectivity index (χ2v) is 12.3. The maximum absolute atomic E-state index is 7.01. The summed E-state index contributed by atoms with van der Waals surface area (Å²) in [6.07, 6.45) is 6.56. The van der Waals surface area contributed by atoms with Crippen molar-refractivity contribution >= 4 is 51.6 Å². The lowest BCUT2D eigenvalue weighted by molar-refractivity contribution is 0.354. The SMILES string of the molecule is C[C@H](c1ccccc1)N(CC1CCCCC1)p1oc2ccc3ccccc3c2c2c(ccc3ccccc32)o1. The summed E-state index contributed by atoms with van der Waals surface area (Å²) < 4.78 is 16.5. The smallest absolute Gasteiger partial charge is 0.310 e. The van der Waals surface area contributed by atoms with E-state index in [9.17, 15) is 0 Å². The normalized spacial score (nSPS) is 15.4. The molecule has 1 aromatic heterocycles. The lowest BCUT2D eigenvalue weighted by Gasteiger charge is -2.31. The standard InChI is InChI=1S/C35H34NO2P/c1-25(27-14-6-3-7-15-27)36(24-26-12-4-2-5-13-26)39-37-32-22-20-28-16-8-10-18-30(28)34(32)35-31-19-11-9-17-29(31)21-23-33(35)38-39/h3,6-11,14-23,25-26H,2,4-5,12-13,24H2,1H3/t25-/m1/s1. The van der Waals surface area contributed by atoms with E-state index >= 15 is 0 Å². The molecule has 5 aromatic carbocycles. The fourth-order valence-electron chi connectivity index (χ4n) is 6.37. The van der Waals surface area contributed by atoms with Gasteiger partial charge in [-0.05, 0) is 64.9 Å². The summed E-state index contributed by atoms with van der Waals surface area (Å²) >= 11 is 0. The Labute approximate surface area is 230 Å². The topological polar surface area (TPSA) is 29.5 Å². The molecule has 0 spiro atoms. The van der Waals surface area contributed by atoms with Crippen LogP contribution < -0.4 is 4.67 Å². The molecule has 0 unspecified atom stereocenters. The third-order valence-corrected chi connectivity index (χ3v) is 10.1. The molecule has 4 heteroatoms. The molecule has 0 N–H and O–H groups in total. The van der Waals surface area contributed by atoms with Crippen LogP contribution in [-0.4, -0.2) is 6.54 Å². The van der Waals surface area contributed by atoms with Crippen molar-refractivity contribution in [3.05, 3.63) is 109 Å². The minimum Gasteiger partial charge on any atom is -0.408 e. The lowest BCUT2D eigenvalue weighted by atomic mass is 9.89. The van der Waals surface area contributed by atoms with Crippen LogP contribution in [0.3, 0.4) is 0 Å². The fourth-order valence-corrected chi connectivity index (χ4v) is 8.04. The molecule has 1 heterocycles. The van der Waals surface area contributed by atoms with Gasteiger partial charge in [0.15, 0.2) is 0 Å². The monoisotopic (exact) mass is 531 g/mol. The predicted octanol–water partition coefficient (Wildman–Crippen LogP) is 10.9. The molecule has 1 atom stereocenters. The Morgan fingerprint density at radius 2 is 1.21 bits per heavy atom. The van der Waals surface area contributed by atoms with E-state index in [1.165, 1.54) is 59.2 Å². The van der Waals surface area contributed by atoms with E-state index in [0.29, 0.717) is 5.92 Å². The van der Waals surface area contributed by atoms with Crippen molar-refractivity contribution in [2.75, 3.05) is 11.2 Å². The molecule has 0 aliphatic heterocycles. The largest absolute Gasteiger partial charge is 0.408 e. The molecule has 1 saturated carbocycles. The van der Waals surface area contributed by atoms with Gasteiger partial charge in [-0.3, -0.25) is 0 Å². The van der Waals surface area contributed by atoms with Crippen LogP contribution in [0.5, 0.6) is 0 Å². The van der Waals surface area contributed by atoms with Crippen molar-refractivity contribution in [2.24, 2.45) is 5.92 Å². The fraction of sp³-hybridized carbons (Fsp3) is 0.257. The van der Waals surface area contributed by atoms with Gasteiger partial charge in [-0.15, -0.1) is 0 Å². The van der Waals surface area contributed by atoms with Gasteiger partial charge in [-0.1, -0.05) is 110 Å². The van der Waals surface area contributed by atoms with Gasteiger partial charge < -0.3 is 8.39 Å². The molecular formula is C35H34NO2P. The third kappa shape index (κ3) is 4.65. The van der Waals surface area contributed by atoms with Gasteiger partial charge in [-0.25, -0.2) is 0 Å². The summed E-state index contributed by atoms with van der Waals surface area (Å²) in [5, 5.41) is 7.08. The van der Waals surface area contributed by atoms with Crippen molar-refractivity contribution < 1.29 is 8.39 Å². The number of fused-ring (bicyclic) bond motifs is 7. The highest BCUT2D eigenvalue weighted by atomic mass is 31.1. The number of nitrogens with zero attached hydrogens (tertiary/aromatic N) is 1. The van der Waals surface area contributed by atoms with Gasteiger partial charge >= 0.3 is 8.16 Å². The Bertz CT molecular complexity index is 1710. The minimum atomic E-state index is -1.40. The van der Waals surface area contributed by atoms with Gasteiger partial charge in [0.2, 0.25) is 0 Å². The van der Waals surface area contributed by atoms with Crippen LogP contribution in [0, 0.1) is 5.92 Å². The van der Waals surface area contributed by atoms with Crippen molar-refractivity contribution in [3.63, 3.8) is 0 Å². The van der Waals surface area contributed by atoms with Crippen LogP contribution in [0.1, 0.15) is 50.6 Å². The Morgan fingerprint density at radius 3 is 1.79 bits per heavy atom. The molecule has 1 aliphatic rings. The van der Waals surface area contributed by atoms with Gasteiger partial charge in [0.1, 0.15) is 11.2 Å². The molecule has 0 radical (unpaired) electrons. The second-order valence-electron chi connectivity index (χ2n) is 11.0. The molecule has 6 aromatic rings. The van der Waals surface area contributed by atoms with Gasteiger partial charge in [0.25, 0.3) is 0 Å². The van der Waals surface area contributed by atoms with Gasteiger partial charge in [0, 0.05) is 23.4 Å². The maximum Gasteiger partial charge on any atom is 0.310 e. The van der Waals surface area contributed by atoms with Gasteiger partial charge in [-0.2, -0.15) is 4.67 Å². The van der Waals surface area contributed by atoms with Crippen molar-refractivity contribution in [2.45, 2.75) is 45.1 Å². The van der Waals surface area contributed by atoms with E-state index < -0.39 is 8.16 Å². The average Bonchev–Trinajstić information content (AvgIpc) is 3.18. The van der Waals surface area contributed by atoms with Crippen molar-refractivity contribution in [3.8, 4) is 0 Å². The number of benzene rings is 5. The summed E-state index contributed by atoms with van der Waals surface area (Å²) in [5.74, 6) is 0.662. The van der Waals surface area contributed by atoms with E-state index in [0.717, 1.165) is 28.5 Å². The number of rotatable bonds is 5.